The van der Waals surface area contributed by atoms with Crippen LogP contribution in [0, 0.1) is 0 Å². The first kappa shape index (κ1) is 15.0. The van der Waals surface area contributed by atoms with Gasteiger partial charge in [0.1, 0.15) is 0 Å². The molecule has 0 unspecified atom stereocenters. The maximum absolute atomic E-state index is 4.20. The number of aryl methyl sites for hydroxylation is 1. The molecule has 1 nitrogen and oxygen atoms in total. The average molecular weight is 269 g/mol. The number of nitrogens with zero attached hydrogens (tertiary/aromatic N) is 1. The fraction of sp³-hybridized carbons (Fsp3) is 0.526. The highest BCUT2D eigenvalue weighted by Gasteiger charge is 1.97. The van der Waals surface area contributed by atoms with Gasteiger partial charge in [-0.25, -0.2) is 0 Å². The minimum Gasteiger partial charge on any atom is -0.264 e. The molecule has 2 rings (SSSR count). The molecule has 1 aromatic heterocycles. The van der Waals surface area contributed by atoms with Crippen LogP contribution in [0.15, 0.2) is 36.7 Å². The third-order valence-electron chi connectivity index (χ3n) is 4.02. The van der Waals surface area contributed by atoms with Gasteiger partial charge in [-0.3, -0.25) is 4.98 Å². The fourth-order valence-corrected chi connectivity index (χ4v) is 2.75. The van der Waals surface area contributed by atoms with Gasteiger partial charge in [-0.1, -0.05) is 64.0 Å². The standard InChI is InChI=1S/C19H27N/c1-2-3-4-5-6-7-8-9-10-17-11-12-18-13-14-20-16-19(18)15-17/h11-16H,2-10H2,1H3. The lowest BCUT2D eigenvalue weighted by Gasteiger charge is -2.04. The molecule has 1 heterocycles. The quantitative estimate of drug-likeness (QED) is 0.515. The Hall–Kier alpha value is -1.37. The molecular weight excluding hydrogens is 242 g/mol. The Kier molecular flexibility index (Phi) is 6.56. The van der Waals surface area contributed by atoms with Gasteiger partial charge in [0.15, 0.2) is 0 Å². The Bertz CT molecular complexity index is 504. The van der Waals surface area contributed by atoms with Crippen molar-refractivity contribution in [3.05, 3.63) is 42.2 Å². The normalized spacial score (nSPS) is 11.1. The first-order chi connectivity index (χ1) is 9.90. The lowest BCUT2D eigenvalue weighted by Crippen LogP contribution is -1.87. The third kappa shape index (κ3) is 4.96. The number of hydrogen-bond acceptors (Lipinski definition) is 1. The highest BCUT2D eigenvalue weighted by atomic mass is 14.6. The second-order valence-corrected chi connectivity index (χ2v) is 5.78. The molecule has 0 aliphatic rings. The molecule has 1 aromatic carbocycles. The summed E-state index contributed by atoms with van der Waals surface area (Å²) in [5.74, 6) is 0. The summed E-state index contributed by atoms with van der Waals surface area (Å²) >= 11 is 0. The molecule has 1 heteroatoms. The molecule has 0 fully saturated rings. The van der Waals surface area contributed by atoms with Crippen molar-refractivity contribution >= 4 is 10.8 Å². The Morgan fingerprint density at radius 1 is 0.800 bits per heavy atom. The zero-order chi connectivity index (χ0) is 14.0. The molecule has 0 aliphatic carbocycles. The summed E-state index contributed by atoms with van der Waals surface area (Å²) in [5, 5.41) is 2.56. The van der Waals surface area contributed by atoms with E-state index in [2.05, 4.69) is 36.2 Å². The Balaban J connectivity index is 1.65. The monoisotopic (exact) mass is 269 g/mol. The largest absolute Gasteiger partial charge is 0.264 e. The molecule has 0 saturated heterocycles. The Labute approximate surface area is 123 Å². The van der Waals surface area contributed by atoms with Crippen molar-refractivity contribution in [1.82, 2.24) is 4.98 Å². The zero-order valence-electron chi connectivity index (χ0n) is 12.8. The van der Waals surface area contributed by atoms with Gasteiger partial charge in [0.25, 0.3) is 0 Å². The zero-order valence-corrected chi connectivity index (χ0v) is 12.8. The van der Waals surface area contributed by atoms with Crippen LogP contribution in [-0.4, -0.2) is 4.98 Å². The molecule has 0 bridgehead atoms. The van der Waals surface area contributed by atoms with Crippen molar-refractivity contribution in [3.63, 3.8) is 0 Å². The lowest BCUT2D eigenvalue weighted by molar-refractivity contribution is 0.575. The molecule has 108 valence electrons. The van der Waals surface area contributed by atoms with E-state index in [0.29, 0.717) is 0 Å². The van der Waals surface area contributed by atoms with E-state index in [1.165, 1.54) is 74.1 Å². The Morgan fingerprint density at radius 2 is 1.55 bits per heavy atom. The van der Waals surface area contributed by atoms with E-state index < -0.39 is 0 Å². The van der Waals surface area contributed by atoms with Gasteiger partial charge in [0.05, 0.1) is 0 Å². The molecular formula is C19H27N. The molecule has 0 aliphatic heterocycles. The highest BCUT2D eigenvalue weighted by Crippen LogP contribution is 2.17. The Morgan fingerprint density at radius 3 is 2.35 bits per heavy atom. The summed E-state index contributed by atoms with van der Waals surface area (Å²) in [6.45, 7) is 2.28. The predicted molar refractivity (Wildman–Crippen MR) is 88.1 cm³/mol. The summed E-state index contributed by atoms with van der Waals surface area (Å²) in [7, 11) is 0. The molecule has 0 spiro atoms. The summed E-state index contributed by atoms with van der Waals surface area (Å²) in [6, 6.07) is 8.86. The van der Waals surface area contributed by atoms with Gasteiger partial charge in [0, 0.05) is 17.8 Å². The van der Waals surface area contributed by atoms with Crippen LogP contribution < -0.4 is 0 Å². The summed E-state index contributed by atoms with van der Waals surface area (Å²) in [4.78, 5) is 4.20. The molecule has 0 saturated carbocycles. The summed E-state index contributed by atoms with van der Waals surface area (Å²) < 4.78 is 0. The number of fused-ring (bicyclic) bond motifs is 1. The summed E-state index contributed by atoms with van der Waals surface area (Å²) in [5.41, 5.74) is 1.46. The van der Waals surface area contributed by atoms with Gasteiger partial charge in [0.2, 0.25) is 0 Å². The lowest BCUT2D eigenvalue weighted by atomic mass is 10.0. The molecule has 0 N–H and O–H groups in total. The average Bonchev–Trinajstić information content (AvgIpc) is 2.50. The first-order valence-corrected chi connectivity index (χ1v) is 8.23. The second-order valence-electron chi connectivity index (χ2n) is 5.78. The maximum Gasteiger partial charge on any atom is 0.0346 e. The van der Waals surface area contributed by atoms with Gasteiger partial charge in [-0.05, 0) is 35.9 Å². The number of rotatable bonds is 9. The smallest absolute Gasteiger partial charge is 0.0346 e. The van der Waals surface area contributed by atoms with Gasteiger partial charge in [-0.15, -0.1) is 0 Å². The van der Waals surface area contributed by atoms with Crippen LogP contribution in [0.4, 0.5) is 0 Å². The van der Waals surface area contributed by atoms with E-state index in [1.54, 1.807) is 0 Å². The first-order valence-electron chi connectivity index (χ1n) is 8.23. The van der Waals surface area contributed by atoms with Crippen molar-refractivity contribution in [3.8, 4) is 0 Å². The van der Waals surface area contributed by atoms with Crippen molar-refractivity contribution in [2.24, 2.45) is 0 Å². The van der Waals surface area contributed by atoms with Crippen molar-refractivity contribution in [2.75, 3.05) is 0 Å². The molecule has 0 radical (unpaired) electrons. The third-order valence-corrected chi connectivity index (χ3v) is 4.02. The van der Waals surface area contributed by atoms with E-state index in [4.69, 9.17) is 0 Å². The highest BCUT2D eigenvalue weighted by molar-refractivity contribution is 5.81. The minimum absolute atomic E-state index is 1.21. The van der Waals surface area contributed by atoms with E-state index in [-0.39, 0.29) is 0 Å². The van der Waals surface area contributed by atoms with Crippen molar-refractivity contribution < 1.29 is 0 Å². The minimum atomic E-state index is 1.21. The molecule has 2 aromatic rings. The second kappa shape index (κ2) is 8.73. The van der Waals surface area contributed by atoms with E-state index >= 15 is 0 Å². The molecule has 20 heavy (non-hydrogen) atoms. The number of hydrogen-bond donors (Lipinski definition) is 0. The van der Waals surface area contributed by atoms with Crippen LogP contribution in [0.1, 0.15) is 63.9 Å². The fourth-order valence-electron chi connectivity index (χ4n) is 2.75. The van der Waals surface area contributed by atoms with Crippen LogP contribution in [0.25, 0.3) is 10.8 Å². The number of unbranched alkanes of at least 4 members (excludes halogenated alkanes) is 7. The maximum atomic E-state index is 4.20. The van der Waals surface area contributed by atoms with Crippen LogP contribution in [0.5, 0.6) is 0 Å². The van der Waals surface area contributed by atoms with Crippen LogP contribution >= 0.6 is 0 Å². The number of pyridine rings is 1. The van der Waals surface area contributed by atoms with Crippen LogP contribution in [0.3, 0.4) is 0 Å². The van der Waals surface area contributed by atoms with Gasteiger partial charge < -0.3 is 0 Å². The number of benzene rings is 1. The summed E-state index contributed by atoms with van der Waals surface area (Å²) in [6.07, 6.45) is 16.1. The van der Waals surface area contributed by atoms with Crippen molar-refractivity contribution in [1.29, 1.82) is 0 Å². The topological polar surface area (TPSA) is 12.9 Å². The number of aromatic nitrogens is 1. The van der Waals surface area contributed by atoms with Crippen LogP contribution in [0.2, 0.25) is 0 Å². The van der Waals surface area contributed by atoms with E-state index in [1.807, 2.05) is 12.4 Å². The van der Waals surface area contributed by atoms with E-state index in [0.717, 1.165) is 0 Å². The molecule has 0 atom stereocenters. The predicted octanol–water partition coefficient (Wildman–Crippen LogP) is 5.92. The van der Waals surface area contributed by atoms with Gasteiger partial charge in [-0.2, -0.15) is 0 Å². The van der Waals surface area contributed by atoms with Crippen molar-refractivity contribution in [2.45, 2.75) is 64.7 Å². The SMILES string of the molecule is CCCCCCCCCCc1ccc2ccncc2c1. The molecule has 0 amide bonds. The van der Waals surface area contributed by atoms with Crippen LogP contribution in [-0.2, 0) is 6.42 Å². The van der Waals surface area contributed by atoms with Gasteiger partial charge >= 0.3 is 0 Å². The van der Waals surface area contributed by atoms with E-state index in [9.17, 15) is 0 Å².